The highest BCUT2D eigenvalue weighted by atomic mass is 79.9. The van der Waals surface area contributed by atoms with E-state index in [1.54, 1.807) is 0 Å². The van der Waals surface area contributed by atoms with Gasteiger partial charge in [-0.1, -0.05) is 72.1 Å². The van der Waals surface area contributed by atoms with Crippen LogP contribution in [0.25, 0.3) is 0 Å². The molecule has 4 nitrogen and oxygen atoms in total. The molecule has 7 heteroatoms. The van der Waals surface area contributed by atoms with E-state index in [4.69, 9.17) is 0 Å². The minimum atomic E-state index is 0.931. The van der Waals surface area contributed by atoms with Crippen LogP contribution in [0.4, 0.5) is 0 Å². The molecule has 1 N–H and O–H groups in total. The third-order valence-corrected chi connectivity index (χ3v) is 7.03. The van der Waals surface area contributed by atoms with Crippen molar-refractivity contribution >= 4 is 47.8 Å². The van der Waals surface area contributed by atoms with Crippen molar-refractivity contribution in [1.29, 1.82) is 0 Å². The van der Waals surface area contributed by atoms with Crippen LogP contribution in [0.2, 0.25) is 0 Å². The quantitative estimate of drug-likeness (QED) is 0.486. The smallest absolute Gasteiger partial charge is 0.0283 e. The van der Waals surface area contributed by atoms with Crippen LogP contribution in [-0.2, 0) is 11.9 Å². The highest BCUT2D eigenvalue weighted by molar-refractivity contribution is 9.10. The monoisotopic (exact) mass is 616 g/mol. The van der Waals surface area contributed by atoms with Crippen molar-refractivity contribution in [3.05, 3.63) is 68.6 Å². The van der Waals surface area contributed by atoms with Gasteiger partial charge in [-0.15, -0.1) is 0 Å². The normalized spacial score (nSPS) is 17.8. The van der Waals surface area contributed by atoms with E-state index in [1.165, 1.54) is 50.4 Å². The van der Waals surface area contributed by atoms with Gasteiger partial charge in [0.15, 0.2) is 0 Å². The zero-order valence-corrected chi connectivity index (χ0v) is 23.4. The van der Waals surface area contributed by atoms with Crippen molar-refractivity contribution < 1.29 is 0 Å². The molecule has 0 amide bonds. The zero-order chi connectivity index (χ0) is 22.5. The molecule has 0 unspecified atom stereocenters. The molecule has 0 aromatic heterocycles. The van der Waals surface area contributed by atoms with Gasteiger partial charge in [0.05, 0.1) is 0 Å². The number of halogens is 3. The van der Waals surface area contributed by atoms with Gasteiger partial charge in [-0.3, -0.25) is 4.90 Å². The average Bonchev–Trinajstić information content (AvgIpc) is 2.79. The van der Waals surface area contributed by atoms with E-state index in [0.717, 1.165) is 33.9 Å². The summed E-state index contributed by atoms with van der Waals surface area (Å²) in [6.45, 7) is 10.6. The van der Waals surface area contributed by atoms with Crippen LogP contribution in [0.1, 0.15) is 11.1 Å². The Labute approximate surface area is 213 Å². The standard InChI is InChI=1S/C12H17BrN2.C7H6Br2.C5H12N2/c1-14-6-8-15(9-7-14)10-11-2-4-12(13)5-3-11;8-5-6-1-3-7(9)4-2-6;1-7-4-2-6-3-5-7/h2-5H,6-10H2,1H3;1-4H,5H2;6H,2-5H2,1H3. The van der Waals surface area contributed by atoms with E-state index in [1.807, 2.05) is 12.1 Å². The molecular weight excluding hydrogens is 584 g/mol. The van der Waals surface area contributed by atoms with Crippen molar-refractivity contribution in [1.82, 2.24) is 20.0 Å². The summed E-state index contributed by atoms with van der Waals surface area (Å²) < 4.78 is 2.29. The number of hydrogen-bond acceptors (Lipinski definition) is 4. The third kappa shape index (κ3) is 11.9. The number of hydrogen-bond donors (Lipinski definition) is 1. The van der Waals surface area contributed by atoms with Crippen LogP contribution >= 0.6 is 47.8 Å². The number of rotatable bonds is 3. The maximum Gasteiger partial charge on any atom is 0.0283 e. The minimum absolute atomic E-state index is 0.931. The topological polar surface area (TPSA) is 21.8 Å². The molecule has 2 heterocycles. The summed E-state index contributed by atoms with van der Waals surface area (Å²) in [5, 5.41) is 4.20. The summed E-state index contributed by atoms with van der Waals surface area (Å²) in [6.07, 6.45) is 0. The van der Waals surface area contributed by atoms with Crippen LogP contribution < -0.4 is 5.32 Å². The molecule has 2 aromatic rings. The Balaban J connectivity index is 0.000000181. The Morgan fingerprint density at radius 3 is 1.55 bits per heavy atom. The van der Waals surface area contributed by atoms with Gasteiger partial charge in [0.25, 0.3) is 0 Å². The molecule has 2 saturated heterocycles. The largest absolute Gasteiger partial charge is 0.314 e. The number of alkyl halides is 1. The van der Waals surface area contributed by atoms with Crippen LogP contribution in [-0.4, -0.2) is 81.2 Å². The van der Waals surface area contributed by atoms with Crippen molar-refractivity contribution in [2.24, 2.45) is 0 Å². The highest BCUT2D eigenvalue weighted by Gasteiger charge is 2.13. The highest BCUT2D eigenvalue weighted by Crippen LogP contribution is 2.13. The molecule has 0 saturated carbocycles. The number of piperazine rings is 2. The van der Waals surface area contributed by atoms with E-state index in [0.29, 0.717) is 0 Å². The van der Waals surface area contributed by atoms with Crippen molar-refractivity contribution in [2.45, 2.75) is 11.9 Å². The fraction of sp³-hybridized carbons (Fsp3) is 0.500. The molecule has 0 bridgehead atoms. The molecule has 0 radical (unpaired) electrons. The Kier molecular flexibility index (Phi) is 13.5. The molecule has 0 spiro atoms. The van der Waals surface area contributed by atoms with E-state index in [-0.39, 0.29) is 0 Å². The van der Waals surface area contributed by atoms with Gasteiger partial charge in [0, 0.05) is 73.2 Å². The molecule has 31 heavy (non-hydrogen) atoms. The van der Waals surface area contributed by atoms with Gasteiger partial charge < -0.3 is 15.1 Å². The summed E-state index contributed by atoms with van der Waals surface area (Å²) in [6, 6.07) is 16.9. The van der Waals surface area contributed by atoms with Crippen LogP contribution in [0.3, 0.4) is 0 Å². The molecule has 2 aromatic carbocycles. The minimum Gasteiger partial charge on any atom is -0.314 e. The van der Waals surface area contributed by atoms with Crippen molar-refractivity contribution in [3.8, 4) is 0 Å². The fourth-order valence-corrected chi connectivity index (χ4v) is 4.11. The summed E-state index contributed by atoms with van der Waals surface area (Å²) in [5.41, 5.74) is 2.71. The maximum absolute atomic E-state index is 3.46. The molecule has 2 aliphatic rings. The SMILES string of the molecule is BrCc1ccc(Br)cc1.CN1CCN(Cc2ccc(Br)cc2)CC1.CN1CCNCC1. The lowest BCUT2D eigenvalue weighted by atomic mass is 10.2. The first kappa shape index (κ1) is 27.0. The summed E-state index contributed by atoms with van der Waals surface area (Å²) in [5.74, 6) is 0. The zero-order valence-electron chi connectivity index (χ0n) is 18.7. The van der Waals surface area contributed by atoms with Crippen LogP contribution in [0.5, 0.6) is 0 Å². The second kappa shape index (κ2) is 15.5. The van der Waals surface area contributed by atoms with Crippen LogP contribution in [0.15, 0.2) is 57.5 Å². The predicted octanol–water partition coefficient (Wildman–Crippen LogP) is 5.06. The number of likely N-dealkylation sites (N-methyl/N-ethyl adjacent to an activating group) is 2. The fourth-order valence-electron chi connectivity index (χ4n) is 3.20. The van der Waals surface area contributed by atoms with Crippen molar-refractivity contribution in [3.63, 3.8) is 0 Å². The molecule has 2 fully saturated rings. The lowest BCUT2D eigenvalue weighted by molar-refractivity contribution is 0.148. The number of benzene rings is 2. The third-order valence-electron chi connectivity index (χ3n) is 5.32. The predicted molar refractivity (Wildman–Crippen MR) is 144 cm³/mol. The first-order valence-electron chi connectivity index (χ1n) is 10.8. The maximum atomic E-state index is 3.46. The second-order valence-electron chi connectivity index (χ2n) is 8.02. The van der Waals surface area contributed by atoms with E-state index >= 15 is 0 Å². The first-order valence-corrected chi connectivity index (χ1v) is 13.5. The Hall–Kier alpha value is -0.280. The van der Waals surface area contributed by atoms with Gasteiger partial charge in [-0.05, 0) is 49.5 Å². The van der Waals surface area contributed by atoms with Gasteiger partial charge >= 0.3 is 0 Å². The van der Waals surface area contributed by atoms with E-state index in [2.05, 4.69) is 118 Å². The molecule has 0 atom stereocenters. The molecule has 172 valence electrons. The summed E-state index contributed by atoms with van der Waals surface area (Å²) in [7, 11) is 4.35. The first-order chi connectivity index (χ1) is 15.0. The van der Waals surface area contributed by atoms with Gasteiger partial charge in [-0.2, -0.15) is 0 Å². The lowest BCUT2D eigenvalue weighted by Crippen LogP contribution is -2.43. The lowest BCUT2D eigenvalue weighted by Gasteiger charge is -2.32. The Morgan fingerprint density at radius 2 is 1.13 bits per heavy atom. The van der Waals surface area contributed by atoms with Crippen LogP contribution in [0, 0.1) is 0 Å². The Morgan fingerprint density at radius 1 is 0.677 bits per heavy atom. The molecule has 4 rings (SSSR count). The molecule has 0 aliphatic carbocycles. The van der Waals surface area contributed by atoms with E-state index in [9.17, 15) is 0 Å². The number of nitrogens with one attached hydrogen (secondary N) is 1. The van der Waals surface area contributed by atoms with E-state index < -0.39 is 0 Å². The number of nitrogens with zero attached hydrogens (tertiary/aromatic N) is 3. The summed E-state index contributed by atoms with van der Waals surface area (Å²) >= 11 is 10.2. The average molecular weight is 619 g/mol. The van der Waals surface area contributed by atoms with Gasteiger partial charge in [-0.25, -0.2) is 0 Å². The van der Waals surface area contributed by atoms with Gasteiger partial charge in [0.1, 0.15) is 0 Å². The van der Waals surface area contributed by atoms with Crippen molar-refractivity contribution in [2.75, 3.05) is 66.5 Å². The summed E-state index contributed by atoms with van der Waals surface area (Å²) in [4.78, 5) is 7.23. The Bertz CT molecular complexity index is 711. The molecule has 2 aliphatic heterocycles. The van der Waals surface area contributed by atoms with Gasteiger partial charge in [0.2, 0.25) is 0 Å². The second-order valence-corrected chi connectivity index (χ2v) is 10.4. The molecular formula is C24H35Br3N4.